The first kappa shape index (κ1) is 12.7. The van der Waals surface area contributed by atoms with E-state index < -0.39 is 0 Å². The minimum absolute atomic E-state index is 0.211. The van der Waals surface area contributed by atoms with E-state index in [9.17, 15) is 0 Å². The molecule has 0 nitrogen and oxygen atoms in total. The van der Waals surface area contributed by atoms with E-state index in [0.29, 0.717) is 10.0 Å². The molecule has 0 heterocycles. The van der Waals surface area contributed by atoms with Crippen LogP contribution in [0, 0.1) is 0 Å². The van der Waals surface area contributed by atoms with E-state index in [2.05, 4.69) is 0 Å². The molecular weight excluding hydrogens is 285 g/mol. The lowest BCUT2D eigenvalue weighted by atomic mass is 10.1. The largest absolute Gasteiger partial charge is 0.0823 e. The van der Waals surface area contributed by atoms with Crippen molar-refractivity contribution in [2.24, 2.45) is 0 Å². The third kappa shape index (κ3) is 2.25. The summed E-state index contributed by atoms with van der Waals surface area (Å²) < 4.78 is 0. The van der Waals surface area contributed by atoms with Crippen LogP contribution in [0.15, 0.2) is 0 Å². The Morgan fingerprint density at radius 2 is 1.07 bits per heavy atom. The molecule has 0 fully saturated rings. The Balaban J connectivity index is 3.43. The third-order valence-electron chi connectivity index (χ3n) is 1.80. The van der Waals surface area contributed by atoms with Gasteiger partial charge >= 0.3 is 0 Å². The Morgan fingerprint density at radius 1 is 0.714 bits per heavy atom. The molecule has 1 aromatic rings. The lowest BCUT2D eigenvalue weighted by Crippen LogP contribution is -1.90. The summed E-state index contributed by atoms with van der Waals surface area (Å²) in [4.78, 5) is 0. The predicted molar refractivity (Wildman–Crippen MR) is 65.5 cm³/mol. The summed E-state index contributed by atoms with van der Waals surface area (Å²) in [6, 6.07) is 0. The first-order valence-electron chi connectivity index (χ1n) is 4.01. The van der Waals surface area contributed by atoms with E-state index in [1.54, 1.807) is 0 Å². The summed E-state index contributed by atoms with van der Waals surface area (Å²) in [5.74, 6) is 0. The van der Waals surface area contributed by atoms with E-state index in [-0.39, 0.29) is 15.1 Å². The average Bonchev–Trinajstić information content (AvgIpc) is 2.19. The molecule has 0 saturated carbocycles. The second-order valence-corrected chi connectivity index (χ2v) is 4.69. The molecule has 0 saturated heterocycles. The van der Waals surface area contributed by atoms with Gasteiger partial charge in [-0.1, -0.05) is 71.3 Å². The zero-order valence-electron chi connectivity index (χ0n) is 7.30. The van der Waals surface area contributed by atoms with Crippen LogP contribution in [0.1, 0.15) is 18.9 Å². The normalized spacial score (nSPS) is 10.7. The zero-order valence-corrected chi connectivity index (χ0v) is 11.1. The van der Waals surface area contributed by atoms with Gasteiger partial charge in [-0.05, 0) is 12.0 Å². The molecule has 0 aliphatic rings. The lowest BCUT2D eigenvalue weighted by Gasteiger charge is -2.11. The summed E-state index contributed by atoms with van der Waals surface area (Å²) in [6.07, 6.45) is 1.64. The van der Waals surface area contributed by atoms with Gasteiger partial charge in [-0.2, -0.15) is 0 Å². The maximum Gasteiger partial charge on any atom is 0.0809 e. The highest BCUT2D eigenvalue weighted by Crippen LogP contribution is 2.44. The second-order valence-electron chi connectivity index (χ2n) is 2.80. The molecule has 0 spiro atoms. The van der Waals surface area contributed by atoms with Gasteiger partial charge in [0.05, 0.1) is 25.1 Å². The minimum atomic E-state index is 0.211. The maximum absolute atomic E-state index is 6.00. The minimum Gasteiger partial charge on any atom is -0.0823 e. The predicted octanol–water partition coefficient (Wildman–Crippen LogP) is 5.91. The summed E-state index contributed by atoms with van der Waals surface area (Å²) in [5, 5.41) is 1.54. The van der Waals surface area contributed by atoms with Crippen molar-refractivity contribution in [2.75, 3.05) is 0 Å². The first-order chi connectivity index (χ1) is 6.50. The molecule has 14 heavy (non-hydrogen) atoms. The molecule has 0 aliphatic carbocycles. The third-order valence-corrected chi connectivity index (χ3v) is 4.16. The SMILES string of the molecule is CCCc1c(Cl)c(Cl)c(Cl)c(Cl)c1Cl. The Hall–Kier alpha value is 0.670. The van der Waals surface area contributed by atoms with Crippen LogP contribution in [0.5, 0.6) is 0 Å². The maximum atomic E-state index is 6.00. The number of rotatable bonds is 2. The quantitative estimate of drug-likeness (QED) is 0.470. The van der Waals surface area contributed by atoms with Gasteiger partial charge in [-0.15, -0.1) is 0 Å². The van der Waals surface area contributed by atoms with Gasteiger partial charge in [-0.3, -0.25) is 0 Å². The van der Waals surface area contributed by atoms with Crippen LogP contribution in [0.2, 0.25) is 25.1 Å². The fraction of sp³-hybridized carbons (Fsp3) is 0.333. The van der Waals surface area contributed by atoms with Crippen molar-refractivity contribution >= 4 is 58.0 Å². The molecule has 0 amide bonds. The summed E-state index contributed by atoms with van der Waals surface area (Å²) in [6.45, 7) is 2.02. The standard InChI is InChI=1S/C9H7Cl5/c1-2-3-4-5(10)7(12)9(14)8(13)6(4)11/h2-3H2,1H3. The van der Waals surface area contributed by atoms with Crippen molar-refractivity contribution in [1.29, 1.82) is 0 Å². The van der Waals surface area contributed by atoms with Gasteiger partial charge in [0.2, 0.25) is 0 Å². The van der Waals surface area contributed by atoms with Crippen LogP contribution in [0.3, 0.4) is 0 Å². The van der Waals surface area contributed by atoms with Gasteiger partial charge in [0.1, 0.15) is 0 Å². The van der Waals surface area contributed by atoms with E-state index in [4.69, 9.17) is 58.0 Å². The molecule has 0 atom stereocenters. The molecule has 78 valence electrons. The van der Waals surface area contributed by atoms with Crippen molar-refractivity contribution in [3.8, 4) is 0 Å². The van der Waals surface area contributed by atoms with Crippen molar-refractivity contribution < 1.29 is 0 Å². The van der Waals surface area contributed by atoms with E-state index in [0.717, 1.165) is 18.4 Å². The molecule has 5 heteroatoms. The van der Waals surface area contributed by atoms with Gasteiger partial charge in [0.15, 0.2) is 0 Å². The Bertz CT molecular complexity index is 330. The smallest absolute Gasteiger partial charge is 0.0809 e. The van der Waals surface area contributed by atoms with Crippen LogP contribution in [0.25, 0.3) is 0 Å². The summed E-state index contributed by atoms with van der Waals surface area (Å²) in [7, 11) is 0. The molecule has 1 rings (SSSR count). The van der Waals surface area contributed by atoms with Crippen LogP contribution < -0.4 is 0 Å². The molecule has 0 unspecified atom stereocenters. The van der Waals surface area contributed by atoms with Gasteiger partial charge in [0, 0.05) is 0 Å². The van der Waals surface area contributed by atoms with Gasteiger partial charge < -0.3 is 0 Å². The molecule has 0 N–H and O–H groups in total. The summed E-state index contributed by atoms with van der Waals surface area (Å²) in [5.41, 5.74) is 0.759. The van der Waals surface area contributed by atoms with Crippen molar-refractivity contribution in [1.82, 2.24) is 0 Å². The molecule has 1 aromatic carbocycles. The molecule has 0 aliphatic heterocycles. The highest BCUT2D eigenvalue weighted by molar-refractivity contribution is 6.55. The van der Waals surface area contributed by atoms with Crippen LogP contribution in [-0.4, -0.2) is 0 Å². The first-order valence-corrected chi connectivity index (χ1v) is 5.90. The monoisotopic (exact) mass is 290 g/mol. The van der Waals surface area contributed by atoms with E-state index >= 15 is 0 Å². The molecular formula is C9H7Cl5. The van der Waals surface area contributed by atoms with Crippen molar-refractivity contribution in [3.63, 3.8) is 0 Å². The van der Waals surface area contributed by atoms with Crippen LogP contribution in [0.4, 0.5) is 0 Å². The fourth-order valence-corrected chi connectivity index (χ4v) is 2.49. The molecule has 0 bridgehead atoms. The number of hydrogen-bond donors (Lipinski definition) is 0. The van der Waals surface area contributed by atoms with Gasteiger partial charge in [0.25, 0.3) is 0 Å². The van der Waals surface area contributed by atoms with Crippen LogP contribution in [-0.2, 0) is 6.42 Å². The molecule has 0 aromatic heterocycles. The Labute approximate surface area is 108 Å². The Kier molecular flexibility index (Phi) is 4.67. The average molecular weight is 292 g/mol. The lowest BCUT2D eigenvalue weighted by molar-refractivity contribution is 0.922. The second kappa shape index (κ2) is 5.14. The number of hydrogen-bond acceptors (Lipinski definition) is 0. The van der Waals surface area contributed by atoms with E-state index in [1.807, 2.05) is 6.92 Å². The van der Waals surface area contributed by atoms with Crippen molar-refractivity contribution in [2.45, 2.75) is 19.8 Å². The highest BCUT2D eigenvalue weighted by Gasteiger charge is 2.18. The number of benzene rings is 1. The van der Waals surface area contributed by atoms with Crippen molar-refractivity contribution in [3.05, 3.63) is 30.7 Å². The van der Waals surface area contributed by atoms with Crippen LogP contribution >= 0.6 is 58.0 Å². The Morgan fingerprint density at radius 3 is 1.43 bits per heavy atom. The fourth-order valence-electron chi connectivity index (χ4n) is 1.12. The van der Waals surface area contributed by atoms with E-state index in [1.165, 1.54) is 0 Å². The highest BCUT2D eigenvalue weighted by atomic mass is 35.5. The zero-order chi connectivity index (χ0) is 10.9. The summed E-state index contributed by atoms with van der Waals surface area (Å²) >= 11 is 29.6. The van der Waals surface area contributed by atoms with Gasteiger partial charge in [-0.25, -0.2) is 0 Å². The molecule has 0 radical (unpaired) electrons. The topological polar surface area (TPSA) is 0 Å². The number of halogens is 5.